The van der Waals surface area contributed by atoms with Crippen molar-refractivity contribution in [1.29, 1.82) is 0 Å². The van der Waals surface area contributed by atoms with Gasteiger partial charge in [0.2, 0.25) is 5.91 Å². The molecule has 20 heavy (non-hydrogen) atoms. The van der Waals surface area contributed by atoms with Gasteiger partial charge in [-0.15, -0.1) is 0 Å². The molecule has 0 aromatic carbocycles. The number of hydrogen-bond donors (Lipinski definition) is 1. The molecule has 3 aliphatic rings. The zero-order valence-electron chi connectivity index (χ0n) is 12.8. The van der Waals surface area contributed by atoms with Crippen molar-refractivity contribution in [1.82, 2.24) is 9.80 Å². The van der Waals surface area contributed by atoms with Gasteiger partial charge in [0.05, 0.1) is 0 Å². The highest BCUT2D eigenvalue weighted by Gasteiger charge is 2.41. The molecule has 0 aromatic heterocycles. The fraction of sp³-hybridized carbons (Fsp3) is 0.938. The van der Waals surface area contributed by atoms with E-state index in [1.54, 1.807) is 0 Å². The topological polar surface area (TPSA) is 49.6 Å². The summed E-state index contributed by atoms with van der Waals surface area (Å²) in [5, 5.41) is 0. The normalized spacial score (nSPS) is 33.4. The minimum absolute atomic E-state index is 0.139. The van der Waals surface area contributed by atoms with Gasteiger partial charge in [-0.25, -0.2) is 0 Å². The van der Waals surface area contributed by atoms with Crippen molar-refractivity contribution in [3.8, 4) is 0 Å². The van der Waals surface area contributed by atoms with Gasteiger partial charge in [0.15, 0.2) is 0 Å². The number of hydrogen-bond acceptors (Lipinski definition) is 3. The van der Waals surface area contributed by atoms with E-state index < -0.39 is 0 Å². The Morgan fingerprint density at radius 2 is 2.05 bits per heavy atom. The standard InChI is InChI=1S/C16H29N3O/c1-13-10-18-8-3-2-5-14(18)11-19(13)15(20)9-16(12-17)6-4-7-16/h13-14H,2-12,17H2,1H3. The van der Waals surface area contributed by atoms with Crippen molar-refractivity contribution in [3.63, 3.8) is 0 Å². The summed E-state index contributed by atoms with van der Waals surface area (Å²) in [6.45, 7) is 6.12. The molecule has 2 atom stereocenters. The maximum absolute atomic E-state index is 12.7. The molecular formula is C16H29N3O. The smallest absolute Gasteiger partial charge is 0.223 e. The predicted molar refractivity (Wildman–Crippen MR) is 80.3 cm³/mol. The Kier molecular flexibility index (Phi) is 4.04. The largest absolute Gasteiger partial charge is 0.337 e. The fourth-order valence-electron chi connectivity index (χ4n) is 4.25. The number of nitrogens with two attached hydrogens (primary N) is 1. The van der Waals surface area contributed by atoms with E-state index in [2.05, 4.69) is 16.7 Å². The van der Waals surface area contributed by atoms with Crippen LogP contribution in [-0.4, -0.2) is 54.0 Å². The number of carbonyl (C=O) groups excluding carboxylic acids is 1. The van der Waals surface area contributed by atoms with Crippen LogP contribution in [0.5, 0.6) is 0 Å². The zero-order valence-corrected chi connectivity index (χ0v) is 12.8. The second kappa shape index (κ2) is 5.64. The van der Waals surface area contributed by atoms with Gasteiger partial charge in [-0.2, -0.15) is 0 Å². The molecule has 0 aromatic rings. The van der Waals surface area contributed by atoms with E-state index in [4.69, 9.17) is 5.73 Å². The highest BCUT2D eigenvalue weighted by Crippen LogP contribution is 2.43. The lowest BCUT2D eigenvalue weighted by molar-refractivity contribution is -0.142. The van der Waals surface area contributed by atoms with Crippen molar-refractivity contribution in [2.75, 3.05) is 26.2 Å². The summed E-state index contributed by atoms with van der Waals surface area (Å²) < 4.78 is 0. The molecule has 2 N–H and O–H groups in total. The van der Waals surface area contributed by atoms with Crippen molar-refractivity contribution >= 4 is 5.91 Å². The monoisotopic (exact) mass is 279 g/mol. The molecule has 4 heteroatoms. The first-order chi connectivity index (χ1) is 9.63. The Labute approximate surface area is 122 Å². The van der Waals surface area contributed by atoms with Crippen molar-refractivity contribution in [3.05, 3.63) is 0 Å². The molecule has 3 rings (SSSR count). The molecule has 0 bridgehead atoms. The molecule has 1 amide bonds. The van der Waals surface area contributed by atoms with Crippen LogP contribution in [0.25, 0.3) is 0 Å². The van der Waals surface area contributed by atoms with Crippen molar-refractivity contribution in [2.45, 2.75) is 64.0 Å². The van der Waals surface area contributed by atoms with E-state index >= 15 is 0 Å². The third kappa shape index (κ3) is 2.60. The van der Waals surface area contributed by atoms with Crippen LogP contribution in [0.3, 0.4) is 0 Å². The molecule has 2 aliphatic heterocycles. The summed E-state index contributed by atoms with van der Waals surface area (Å²) in [6, 6.07) is 0.978. The Hall–Kier alpha value is -0.610. The molecule has 2 saturated heterocycles. The number of piperidine rings is 1. The van der Waals surface area contributed by atoms with Gasteiger partial charge in [-0.3, -0.25) is 9.69 Å². The van der Waals surface area contributed by atoms with Gasteiger partial charge in [-0.1, -0.05) is 12.8 Å². The maximum atomic E-state index is 12.7. The average Bonchev–Trinajstić information content (AvgIpc) is 2.42. The van der Waals surface area contributed by atoms with E-state index in [9.17, 15) is 4.79 Å². The molecule has 114 valence electrons. The summed E-state index contributed by atoms with van der Waals surface area (Å²) in [6.07, 6.45) is 8.13. The van der Waals surface area contributed by atoms with E-state index in [-0.39, 0.29) is 5.41 Å². The number of rotatable bonds is 3. The third-order valence-corrected chi connectivity index (χ3v) is 5.88. The van der Waals surface area contributed by atoms with Crippen LogP contribution in [0.2, 0.25) is 0 Å². The Morgan fingerprint density at radius 1 is 1.25 bits per heavy atom. The lowest BCUT2D eigenvalue weighted by Gasteiger charge is -2.49. The van der Waals surface area contributed by atoms with Gasteiger partial charge in [0.1, 0.15) is 0 Å². The SMILES string of the molecule is CC1CN2CCCCC2CN1C(=O)CC1(CN)CCC1. The number of nitrogens with zero attached hydrogens (tertiary/aromatic N) is 2. The Bertz CT molecular complexity index is 361. The van der Waals surface area contributed by atoms with Crippen LogP contribution < -0.4 is 5.73 Å². The van der Waals surface area contributed by atoms with Gasteiger partial charge in [0.25, 0.3) is 0 Å². The fourth-order valence-corrected chi connectivity index (χ4v) is 4.25. The summed E-state index contributed by atoms with van der Waals surface area (Å²) >= 11 is 0. The summed E-state index contributed by atoms with van der Waals surface area (Å²) in [5.41, 5.74) is 6.05. The van der Waals surface area contributed by atoms with Crippen LogP contribution in [0, 0.1) is 5.41 Å². The van der Waals surface area contributed by atoms with Crippen LogP contribution >= 0.6 is 0 Å². The van der Waals surface area contributed by atoms with Crippen LogP contribution in [0.4, 0.5) is 0 Å². The molecule has 2 unspecified atom stereocenters. The Balaban J connectivity index is 1.62. The van der Waals surface area contributed by atoms with E-state index in [1.807, 2.05) is 0 Å². The van der Waals surface area contributed by atoms with Crippen LogP contribution in [0.15, 0.2) is 0 Å². The number of carbonyl (C=O) groups is 1. The summed E-state index contributed by atoms with van der Waals surface area (Å²) in [4.78, 5) is 17.5. The minimum atomic E-state index is 0.139. The van der Waals surface area contributed by atoms with Crippen molar-refractivity contribution < 1.29 is 4.79 Å². The first-order valence-electron chi connectivity index (χ1n) is 8.37. The molecule has 0 spiro atoms. The minimum Gasteiger partial charge on any atom is -0.337 e. The molecular weight excluding hydrogens is 250 g/mol. The lowest BCUT2D eigenvalue weighted by Crippen LogP contribution is -2.60. The predicted octanol–water partition coefficient (Wildman–Crippen LogP) is 1.59. The van der Waals surface area contributed by atoms with E-state index in [0.29, 0.717) is 31.0 Å². The van der Waals surface area contributed by atoms with Crippen molar-refractivity contribution in [2.24, 2.45) is 11.1 Å². The van der Waals surface area contributed by atoms with Crippen LogP contribution in [-0.2, 0) is 4.79 Å². The van der Waals surface area contributed by atoms with Gasteiger partial charge in [-0.05, 0) is 51.1 Å². The summed E-state index contributed by atoms with van der Waals surface area (Å²) in [7, 11) is 0. The van der Waals surface area contributed by atoms with Gasteiger partial charge < -0.3 is 10.6 Å². The van der Waals surface area contributed by atoms with Crippen LogP contribution in [0.1, 0.15) is 51.9 Å². The quantitative estimate of drug-likeness (QED) is 0.853. The van der Waals surface area contributed by atoms with E-state index in [0.717, 1.165) is 25.9 Å². The Morgan fingerprint density at radius 3 is 2.70 bits per heavy atom. The average molecular weight is 279 g/mol. The molecule has 2 heterocycles. The summed E-state index contributed by atoms with van der Waals surface area (Å²) in [5.74, 6) is 0.355. The molecule has 0 radical (unpaired) electrons. The second-order valence-corrected chi connectivity index (χ2v) is 7.27. The molecule has 1 aliphatic carbocycles. The number of fused-ring (bicyclic) bond motifs is 1. The highest BCUT2D eigenvalue weighted by molar-refractivity contribution is 5.77. The second-order valence-electron chi connectivity index (χ2n) is 7.27. The number of amides is 1. The van der Waals surface area contributed by atoms with Gasteiger partial charge >= 0.3 is 0 Å². The van der Waals surface area contributed by atoms with Gasteiger partial charge in [0, 0.05) is 31.6 Å². The lowest BCUT2D eigenvalue weighted by atomic mass is 9.66. The third-order valence-electron chi connectivity index (χ3n) is 5.88. The maximum Gasteiger partial charge on any atom is 0.223 e. The zero-order chi connectivity index (χ0) is 14.2. The number of piperazine rings is 1. The first kappa shape index (κ1) is 14.3. The molecule has 4 nitrogen and oxygen atoms in total. The van der Waals surface area contributed by atoms with E-state index in [1.165, 1.54) is 32.2 Å². The highest BCUT2D eigenvalue weighted by atomic mass is 16.2. The molecule has 3 fully saturated rings. The first-order valence-corrected chi connectivity index (χ1v) is 8.37. The molecule has 1 saturated carbocycles.